The van der Waals surface area contributed by atoms with E-state index in [9.17, 15) is 4.79 Å². The van der Waals surface area contributed by atoms with Crippen LogP contribution in [0.1, 0.15) is 18.1 Å². The zero-order valence-corrected chi connectivity index (χ0v) is 9.37. The lowest BCUT2D eigenvalue weighted by Crippen LogP contribution is -1.81. The Kier molecular flexibility index (Phi) is 4.25. The van der Waals surface area contributed by atoms with E-state index in [1.807, 2.05) is 6.08 Å². The van der Waals surface area contributed by atoms with Crippen molar-refractivity contribution in [2.24, 2.45) is 0 Å². The van der Waals surface area contributed by atoms with E-state index in [-0.39, 0.29) is 5.12 Å². The standard InChI is InChI=1S/C10H12OS2/c1-8-6-12-7-10(8)4-3-5-13-9(2)11/h3-4,6-7H,5H2,1-2H3. The molecule has 1 aromatic heterocycles. The molecule has 0 aliphatic carbocycles. The quantitative estimate of drug-likeness (QED) is 0.764. The van der Waals surface area contributed by atoms with Crippen LogP contribution in [0.25, 0.3) is 6.08 Å². The lowest BCUT2D eigenvalue weighted by Gasteiger charge is -1.90. The van der Waals surface area contributed by atoms with Gasteiger partial charge in [0.05, 0.1) is 0 Å². The third-order valence-corrected chi connectivity index (χ3v) is 3.22. The van der Waals surface area contributed by atoms with Gasteiger partial charge in [-0.2, -0.15) is 11.3 Å². The molecule has 0 aliphatic heterocycles. The molecule has 0 aromatic carbocycles. The van der Waals surface area contributed by atoms with Gasteiger partial charge in [0.25, 0.3) is 0 Å². The molecule has 0 bridgehead atoms. The Bertz CT molecular complexity index is 312. The zero-order valence-electron chi connectivity index (χ0n) is 7.74. The Balaban J connectivity index is 2.41. The van der Waals surface area contributed by atoms with E-state index in [0.717, 1.165) is 5.75 Å². The SMILES string of the molecule is CC(=O)SCC=Cc1cscc1C. The molecule has 1 nitrogen and oxygen atoms in total. The van der Waals surface area contributed by atoms with Gasteiger partial charge in [-0.1, -0.05) is 23.9 Å². The second kappa shape index (κ2) is 5.25. The summed E-state index contributed by atoms with van der Waals surface area (Å²) in [4.78, 5) is 10.6. The molecule has 3 heteroatoms. The number of carbonyl (C=O) groups is 1. The summed E-state index contributed by atoms with van der Waals surface area (Å²) in [5, 5.41) is 4.41. The topological polar surface area (TPSA) is 17.1 Å². The summed E-state index contributed by atoms with van der Waals surface area (Å²) in [6.07, 6.45) is 4.10. The highest BCUT2D eigenvalue weighted by molar-refractivity contribution is 8.13. The summed E-state index contributed by atoms with van der Waals surface area (Å²) < 4.78 is 0. The van der Waals surface area contributed by atoms with Gasteiger partial charge < -0.3 is 0 Å². The van der Waals surface area contributed by atoms with E-state index >= 15 is 0 Å². The zero-order chi connectivity index (χ0) is 9.68. The molecule has 70 valence electrons. The van der Waals surface area contributed by atoms with Crippen LogP contribution in [0.3, 0.4) is 0 Å². The maximum atomic E-state index is 10.6. The van der Waals surface area contributed by atoms with Gasteiger partial charge in [-0.25, -0.2) is 0 Å². The van der Waals surface area contributed by atoms with Crippen molar-refractivity contribution < 1.29 is 4.79 Å². The van der Waals surface area contributed by atoms with Crippen molar-refractivity contribution in [3.05, 3.63) is 28.0 Å². The van der Waals surface area contributed by atoms with Crippen LogP contribution in [0.15, 0.2) is 16.8 Å². The van der Waals surface area contributed by atoms with Gasteiger partial charge in [-0.05, 0) is 28.8 Å². The molecule has 1 heterocycles. The van der Waals surface area contributed by atoms with Crippen LogP contribution >= 0.6 is 23.1 Å². The molecule has 0 aliphatic rings. The fourth-order valence-corrected chi connectivity index (χ4v) is 2.13. The molecule has 0 saturated carbocycles. The number of hydrogen-bond acceptors (Lipinski definition) is 3. The highest BCUT2D eigenvalue weighted by Crippen LogP contribution is 2.15. The molecule has 0 amide bonds. The average Bonchev–Trinajstić information content (AvgIpc) is 2.45. The van der Waals surface area contributed by atoms with E-state index < -0.39 is 0 Å². The molecule has 0 unspecified atom stereocenters. The number of rotatable bonds is 3. The van der Waals surface area contributed by atoms with E-state index in [2.05, 4.69) is 23.8 Å². The summed E-state index contributed by atoms with van der Waals surface area (Å²) >= 11 is 3.04. The maximum Gasteiger partial charge on any atom is 0.186 e. The lowest BCUT2D eigenvalue weighted by molar-refractivity contribution is -0.109. The second-order valence-electron chi connectivity index (χ2n) is 2.72. The first kappa shape index (κ1) is 10.5. The average molecular weight is 212 g/mol. The van der Waals surface area contributed by atoms with Crippen molar-refractivity contribution in [2.75, 3.05) is 5.75 Å². The molecule has 0 fully saturated rings. The Hall–Kier alpha value is -0.540. The van der Waals surface area contributed by atoms with E-state index in [0.29, 0.717) is 0 Å². The summed E-state index contributed by atoms with van der Waals surface area (Å²) in [6.45, 7) is 3.68. The fourth-order valence-electron chi connectivity index (χ4n) is 0.882. The van der Waals surface area contributed by atoms with Crippen molar-refractivity contribution in [1.82, 2.24) is 0 Å². The molecule has 1 rings (SSSR count). The lowest BCUT2D eigenvalue weighted by atomic mass is 10.2. The highest BCUT2D eigenvalue weighted by Gasteiger charge is 1.93. The van der Waals surface area contributed by atoms with Crippen LogP contribution in [-0.2, 0) is 4.79 Å². The summed E-state index contributed by atoms with van der Waals surface area (Å²) in [6, 6.07) is 0. The Morgan fingerprint density at radius 3 is 2.92 bits per heavy atom. The molecule has 0 atom stereocenters. The van der Waals surface area contributed by atoms with Crippen molar-refractivity contribution in [1.29, 1.82) is 0 Å². The minimum Gasteiger partial charge on any atom is -0.288 e. The predicted octanol–water partition coefficient (Wildman–Crippen LogP) is 3.35. The molecule has 0 saturated heterocycles. The van der Waals surface area contributed by atoms with Gasteiger partial charge in [-0.3, -0.25) is 4.79 Å². The summed E-state index contributed by atoms with van der Waals surface area (Å²) in [7, 11) is 0. The minimum atomic E-state index is 0.173. The second-order valence-corrected chi connectivity index (χ2v) is 4.66. The van der Waals surface area contributed by atoms with Crippen molar-refractivity contribution >= 4 is 34.3 Å². The van der Waals surface area contributed by atoms with Crippen molar-refractivity contribution in [3.8, 4) is 0 Å². The van der Waals surface area contributed by atoms with Gasteiger partial charge in [0, 0.05) is 12.7 Å². The van der Waals surface area contributed by atoms with Crippen molar-refractivity contribution in [3.63, 3.8) is 0 Å². The molecular formula is C10H12OS2. The number of thiophene rings is 1. The summed E-state index contributed by atoms with van der Waals surface area (Å²) in [5.74, 6) is 0.768. The van der Waals surface area contributed by atoms with Crippen LogP contribution in [0.4, 0.5) is 0 Å². The van der Waals surface area contributed by atoms with Crippen LogP contribution in [0.5, 0.6) is 0 Å². The summed E-state index contributed by atoms with van der Waals surface area (Å²) in [5.41, 5.74) is 2.56. The van der Waals surface area contributed by atoms with Gasteiger partial charge in [0.2, 0.25) is 0 Å². The number of carbonyl (C=O) groups excluding carboxylic acids is 1. The van der Waals surface area contributed by atoms with Gasteiger partial charge in [0.1, 0.15) is 0 Å². The van der Waals surface area contributed by atoms with E-state index in [1.54, 1.807) is 18.3 Å². The molecule has 0 radical (unpaired) electrons. The largest absolute Gasteiger partial charge is 0.288 e. The predicted molar refractivity (Wildman–Crippen MR) is 61.2 cm³/mol. The van der Waals surface area contributed by atoms with Crippen LogP contribution in [0, 0.1) is 6.92 Å². The maximum absolute atomic E-state index is 10.6. The number of aryl methyl sites for hydroxylation is 1. The first-order valence-electron chi connectivity index (χ1n) is 4.03. The van der Waals surface area contributed by atoms with E-state index in [4.69, 9.17) is 0 Å². The number of hydrogen-bond donors (Lipinski definition) is 0. The first-order chi connectivity index (χ1) is 6.20. The smallest absolute Gasteiger partial charge is 0.186 e. The molecule has 0 spiro atoms. The normalized spacial score (nSPS) is 10.9. The van der Waals surface area contributed by atoms with Gasteiger partial charge in [0.15, 0.2) is 5.12 Å². The molecule has 1 aromatic rings. The van der Waals surface area contributed by atoms with Crippen molar-refractivity contribution in [2.45, 2.75) is 13.8 Å². The molecular weight excluding hydrogens is 200 g/mol. The van der Waals surface area contributed by atoms with Crippen LogP contribution in [-0.4, -0.2) is 10.9 Å². The van der Waals surface area contributed by atoms with Gasteiger partial charge in [-0.15, -0.1) is 0 Å². The Morgan fingerprint density at radius 2 is 2.38 bits per heavy atom. The monoisotopic (exact) mass is 212 g/mol. The molecule has 13 heavy (non-hydrogen) atoms. The van der Waals surface area contributed by atoms with Crippen LogP contribution < -0.4 is 0 Å². The fraction of sp³-hybridized carbons (Fsp3) is 0.300. The third kappa shape index (κ3) is 3.79. The van der Waals surface area contributed by atoms with Crippen LogP contribution in [0.2, 0.25) is 0 Å². The molecule has 0 N–H and O–H groups in total. The van der Waals surface area contributed by atoms with Gasteiger partial charge >= 0.3 is 0 Å². The number of thioether (sulfide) groups is 1. The Morgan fingerprint density at radius 1 is 1.62 bits per heavy atom. The minimum absolute atomic E-state index is 0.173. The first-order valence-corrected chi connectivity index (χ1v) is 5.95. The highest BCUT2D eigenvalue weighted by atomic mass is 32.2. The third-order valence-electron chi connectivity index (χ3n) is 1.58. The Labute approximate surface area is 86.9 Å². The van der Waals surface area contributed by atoms with E-state index in [1.165, 1.54) is 22.9 Å².